The summed E-state index contributed by atoms with van der Waals surface area (Å²) in [4.78, 5) is 0. The topological polar surface area (TPSA) is 4.93 Å². The van der Waals surface area contributed by atoms with Crippen molar-refractivity contribution in [2.45, 2.75) is 0 Å². The van der Waals surface area contributed by atoms with Crippen molar-refractivity contribution in [1.82, 2.24) is 4.57 Å². The van der Waals surface area contributed by atoms with Crippen molar-refractivity contribution in [3.63, 3.8) is 0 Å². The molecule has 1 aromatic heterocycles. The Hall–Kier alpha value is -2.84. The maximum Gasteiger partial charge on any atom is 0.116 e. The van der Waals surface area contributed by atoms with Crippen LogP contribution in [0.15, 0.2) is 78.9 Å². The fourth-order valence-corrected chi connectivity index (χ4v) is 4.25. The minimum absolute atomic E-state index is 0.298. The molecule has 0 aliphatic heterocycles. The maximum atomic E-state index is 6.49. The fourth-order valence-electron chi connectivity index (χ4n) is 4.05. The van der Waals surface area contributed by atoms with Gasteiger partial charge in [0.2, 0.25) is 0 Å². The molecular formula is C24H13B3ClN. The zero-order chi connectivity index (χ0) is 20.1. The largest absolute Gasteiger partial charge is 0.309 e. The summed E-state index contributed by atoms with van der Waals surface area (Å²) >= 11 is 6.44. The lowest BCUT2D eigenvalue weighted by atomic mass is 9.74. The summed E-state index contributed by atoms with van der Waals surface area (Å²) in [6.07, 6.45) is 0. The molecule has 0 fully saturated rings. The molecule has 5 aromatic rings. The van der Waals surface area contributed by atoms with Gasteiger partial charge < -0.3 is 4.57 Å². The van der Waals surface area contributed by atoms with Crippen LogP contribution in [0.3, 0.4) is 0 Å². The lowest BCUT2D eigenvalue weighted by Gasteiger charge is -2.15. The number of halogens is 1. The smallest absolute Gasteiger partial charge is 0.116 e. The molecule has 0 saturated heterocycles. The Morgan fingerprint density at radius 1 is 0.621 bits per heavy atom. The normalized spacial score (nSPS) is 11.3. The minimum atomic E-state index is 0.298. The van der Waals surface area contributed by atoms with Crippen LogP contribution in [0.25, 0.3) is 38.6 Å². The number of hydrogen-bond acceptors (Lipinski definition) is 0. The van der Waals surface area contributed by atoms with Gasteiger partial charge in [-0.05, 0) is 17.7 Å². The third-order valence-corrected chi connectivity index (χ3v) is 5.78. The first-order valence-electron chi connectivity index (χ1n) is 9.29. The molecule has 4 aromatic carbocycles. The average molecular weight is 383 g/mol. The summed E-state index contributed by atoms with van der Waals surface area (Å²) < 4.78 is 2.13. The minimum Gasteiger partial charge on any atom is -0.309 e. The SMILES string of the molecule is [B]c1c(Cl)c([B])c2c3cccc(-c4ccccc4)c3n(-c3ccccc3)c2c1[B]. The monoisotopic (exact) mass is 383 g/mol. The molecule has 1 nitrogen and oxygen atoms in total. The molecule has 0 N–H and O–H groups in total. The van der Waals surface area contributed by atoms with Crippen LogP contribution in [0, 0.1) is 0 Å². The molecule has 0 atom stereocenters. The predicted octanol–water partition coefficient (Wildman–Crippen LogP) is 3.49. The van der Waals surface area contributed by atoms with E-state index in [0.717, 1.165) is 38.6 Å². The third-order valence-electron chi connectivity index (χ3n) is 5.38. The number of hydrogen-bond donors (Lipinski definition) is 0. The molecule has 1 heterocycles. The van der Waals surface area contributed by atoms with Crippen LogP contribution < -0.4 is 16.4 Å². The summed E-state index contributed by atoms with van der Waals surface area (Å²) in [5.41, 5.74) is 6.12. The van der Waals surface area contributed by atoms with Crippen LogP contribution in [-0.2, 0) is 0 Å². The van der Waals surface area contributed by atoms with Crippen molar-refractivity contribution in [3.8, 4) is 16.8 Å². The van der Waals surface area contributed by atoms with Gasteiger partial charge in [-0.2, -0.15) is 0 Å². The predicted molar refractivity (Wildman–Crippen MR) is 127 cm³/mol. The van der Waals surface area contributed by atoms with E-state index >= 15 is 0 Å². The Balaban J connectivity index is 2.08. The van der Waals surface area contributed by atoms with Gasteiger partial charge in [0.15, 0.2) is 0 Å². The second-order valence-electron chi connectivity index (χ2n) is 7.02. The molecule has 0 bridgehead atoms. The van der Waals surface area contributed by atoms with Crippen LogP contribution in [-0.4, -0.2) is 28.1 Å². The molecule has 0 unspecified atom stereocenters. The Morgan fingerprint density at radius 2 is 1.28 bits per heavy atom. The van der Waals surface area contributed by atoms with E-state index in [1.807, 2.05) is 60.7 Å². The van der Waals surface area contributed by atoms with Gasteiger partial charge in [0.05, 0.1) is 5.52 Å². The summed E-state index contributed by atoms with van der Waals surface area (Å²) in [7, 11) is 19.2. The van der Waals surface area contributed by atoms with Gasteiger partial charge in [-0.15, -0.1) is 0 Å². The molecule has 29 heavy (non-hydrogen) atoms. The molecule has 6 radical (unpaired) electrons. The van der Waals surface area contributed by atoms with Gasteiger partial charge in [0.1, 0.15) is 23.5 Å². The Bertz CT molecular complexity index is 1380. The average Bonchev–Trinajstić information content (AvgIpc) is 3.13. The number of aromatic nitrogens is 1. The maximum absolute atomic E-state index is 6.49. The van der Waals surface area contributed by atoms with E-state index in [2.05, 4.69) is 22.8 Å². The van der Waals surface area contributed by atoms with Crippen LogP contribution in [0.4, 0.5) is 0 Å². The second kappa shape index (κ2) is 6.90. The number of rotatable bonds is 2. The van der Waals surface area contributed by atoms with E-state index in [-0.39, 0.29) is 0 Å². The molecule has 0 aliphatic carbocycles. The van der Waals surface area contributed by atoms with E-state index in [1.165, 1.54) is 0 Å². The van der Waals surface area contributed by atoms with Crippen molar-refractivity contribution in [3.05, 3.63) is 83.9 Å². The van der Waals surface area contributed by atoms with Crippen molar-refractivity contribution in [1.29, 1.82) is 0 Å². The van der Waals surface area contributed by atoms with E-state index in [4.69, 9.17) is 35.1 Å². The first-order chi connectivity index (χ1) is 14.1. The number of para-hydroxylation sites is 2. The standard InChI is InChI=1S/C24H13B3ClN/c25-19-18-17-13-7-12-16(14-8-3-1-4-9-14)23(17)29(15-10-5-2-6-11-15)24(18)21(27)20(26)22(19)28/h1-13H. The summed E-state index contributed by atoms with van der Waals surface area (Å²) in [6.45, 7) is 0. The third kappa shape index (κ3) is 2.67. The summed E-state index contributed by atoms with van der Waals surface area (Å²) in [6, 6.07) is 26.5. The lowest BCUT2D eigenvalue weighted by molar-refractivity contribution is 1.19. The molecule has 5 heteroatoms. The molecule has 5 rings (SSSR count). The molecular weight excluding hydrogens is 370 g/mol. The van der Waals surface area contributed by atoms with Gasteiger partial charge in [-0.25, -0.2) is 0 Å². The Kier molecular flexibility index (Phi) is 4.33. The highest BCUT2D eigenvalue weighted by Gasteiger charge is 2.21. The van der Waals surface area contributed by atoms with Crippen LogP contribution in [0.5, 0.6) is 0 Å². The molecule has 0 saturated carbocycles. The molecule has 0 aliphatic rings. The summed E-state index contributed by atoms with van der Waals surface area (Å²) in [5.74, 6) is 0. The van der Waals surface area contributed by atoms with Crippen LogP contribution >= 0.6 is 11.6 Å². The van der Waals surface area contributed by atoms with Crippen LogP contribution in [0.1, 0.15) is 0 Å². The Morgan fingerprint density at radius 3 is 1.97 bits per heavy atom. The lowest BCUT2D eigenvalue weighted by Crippen LogP contribution is -2.33. The van der Waals surface area contributed by atoms with E-state index in [9.17, 15) is 0 Å². The van der Waals surface area contributed by atoms with E-state index < -0.39 is 0 Å². The Labute approximate surface area is 178 Å². The van der Waals surface area contributed by atoms with Gasteiger partial charge in [0, 0.05) is 32.6 Å². The van der Waals surface area contributed by atoms with Crippen molar-refractivity contribution >= 4 is 73.3 Å². The van der Waals surface area contributed by atoms with Crippen molar-refractivity contribution in [2.24, 2.45) is 0 Å². The van der Waals surface area contributed by atoms with E-state index in [0.29, 0.717) is 21.4 Å². The molecule has 0 amide bonds. The van der Waals surface area contributed by atoms with Crippen molar-refractivity contribution < 1.29 is 0 Å². The quantitative estimate of drug-likeness (QED) is 0.412. The molecule has 0 spiro atoms. The van der Waals surface area contributed by atoms with Crippen molar-refractivity contribution in [2.75, 3.05) is 0 Å². The zero-order valence-electron chi connectivity index (χ0n) is 15.6. The zero-order valence-corrected chi connectivity index (χ0v) is 16.3. The molecule has 130 valence electrons. The summed E-state index contributed by atoms with van der Waals surface area (Å²) in [5, 5.41) is 2.10. The van der Waals surface area contributed by atoms with Gasteiger partial charge >= 0.3 is 0 Å². The fraction of sp³-hybridized carbons (Fsp3) is 0. The first-order valence-corrected chi connectivity index (χ1v) is 9.67. The van der Waals surface area contributed by atoms with Gasteiger partial charge in [-0.1, -0.05) is 94.7 Å². The number of nitrogens with zero attached hydrogens (tertiary/aromatic N) is 1. The van der Waals surface area contributed by atoms with Gasteiger partial charge in [0.25, 0.3) is 0 Å². The highest BCUT2D eigenvalue weighted by Crippen LogP contribution is 2.37. The van der Waals surface area contributed by atoms with E-state index in [1.54, 1.807) is 0 Å². The second-order valence-corrected chi connectivity index (χ2v) is 7.40. The number of benzene rings is 4. The highest BCUT2D eigenvalue weighted by molar-refractivity contribution is 6.64. The first kappa shape index (κ1) is 18.2. The highest BCUT2D eigenvalue weighted by atomic mass is 35.5. The van der Waals surface area contributed by atoms with Gasteiger partial charge in [-0.3, -0.25) is 0 Å². The van der Waals surface area contributed by atoms with Crippen LogP contribution in [0.2, 0.25) is 5.02 Å². The number of fused-ring (bicyclic) bond motifs is 3.